The van der Waals surface area contributed by atoms with Crippen LogP contribution in [0.2, 0.25) is 0 Å². The smallest absolute Gasteiger partial charge is 0.410 e. The zero-order valence-electron chi connectivity index (χ0n) is 6.69. The number of nitriles is 1. The Morgan fingerprint density at radius 1 is 1.83 bits per heavy atom. The molecule has 0 aromatic carbocycles. The summed E-state index contributed by atoms with van der Waals surface area (Å²) in [5.74, 6) is 0.0952. The summed E-state index contributed by atoms with van der Waals surface area (Å²) in [6.07, 6.45) is 0.0457. The molecular formula is C6H10NO4P. The van der Waals surface area contributed by atoms with Gasteiger partial charge in [-0.05, 0) is 6.92 Å². The van der Waals surface area contributed by atoms with Gasteiger partial charge in [-0.3, -0.25) is 9.42 Å². The van der Waals surface area contributed by atoms with Crippen LogP contribution in [0.3, 0.4) is 0 Å². The van der Waals surface area contributed by atoms with Gasteiger partial charge >= 0.3 is 7.82 Å². The first kappa shape index (κ1) is 11.2. The second-order valence-electron chi connectivity index (χ2n) is 2.00. The molecule has 0 aliphatic rings. The van der Waals surface area contributed by atoms with Gasteiger partial charge in [-0.15, -0.1) is 0 Å². The third kappa shape index (κ3) is 5.93. The van der Waals surface area contributed by atoms with E-state index in [-0.39, 0.29) is 18.8 Å². The molecule has 0 saturated carbocycles. The van der Waals surface area contributed by atoms with Crippen molar-refractivity contribution in [2.24, 2.45) is 0 Å². The first-order valence-electron chi connectivity index (χ1n) is 3.17. The van der Waals surface area contributed by atoms with E-state index < -0.39 is 7.82 Å². The Morgan fingerprint density at radius 2 is 2.42 bits per heavy atom. The van der Waals surface area contributed by atoms with Gasteiger partial charge in [-0.1, -0.05) is 6.58 Å². The minimum Gasteiger partial charge on any atom is -0.410 e. The zero-order chi connectivity index (χ0) is 9.61. The molecule has 68 valence electrons. The maximum Gasteiger partial charge on any atom is 0.527 e. The molecule has 6 heteroatoms. The van der Waals surface area contributed by atoms with E-state index in [2.05, 4.69) is 15.6 Å². The SMILES string of the molecule is C=C(C)OP(=O)(O)OCCC#N. The van der Waals surface area contributed by atoms with Gasteiger partial charge in [0.25, 0.3) is 0 Å². The first-order valence-corrected chi connectivity index (χ1v) is 4.67. The molecule has 0 radical (unpaired) electrons. The van der Waals surface area contributed by atoms with Crippen molar-refractivity contribution in [3.05, 3.63) is 12.3 Å². The number of hydrogen-bond acceptors (Lipinski definition) is 4. The molecule has 1 unspecified atom stereocenters. The molecule has 12 heavy (non-hydrogen) atoms. The second-order valence-corrected chi connectivity index (χ2v) is 3.38. The fourth-order valence-corrected chi connectivity index (χ4v) is 1.20. The highest BCUT2D eigenvalue weighted by Gasteiger charge is 2.21. The predicted molar refractivity (Wildman–Crippen MR) is 41.9 cm³/mol. The van der Waals surface area contributed by atoms with Gasteiger partial charge in [0.05, 0.1) is 24.9 Å². The van der Waals surface area contributed by atoms with Crippen LogP contribution in [0, 0.1) is 11.3 Å². The van der Waals surface area contributed by atoms with Crippen molar-refractivity contribution in [1.29, 1.82) is 5.26 Å². The van der Waals surface area contributed by atoms with Gasteiger partial charge in [0.1, 0.15) is 0 Å². The second kappa shape index (κ2) is 4.94. The monoisotopic (exact) mass is 191 g/mol. The van der Waals surface area contributed by atoms with Gasteiger partial charge < -0.3 is 4.52 Å². The lowest BCUT2D eigenvalue weighted by Gasteiger charge is -2.10. The molecule has 0 saturated heterocycles. The number of nitrogens with zero attached hydrogens (tertiary/aromatic N) is 1. The Labute approximate surface area is 70.8 Å². The van der Waals surface area contributed by atoms with Crippen LogP contribution in [-0.2, 0) is 13.6 Å². The fourth-order valence-electron chi connectivity index (χ4n) is 0.430. The van der Waals surface area contributed by atoms with Crippen LogP contribution in [0.5, 0.6) is 0 Å². The van der Waals surface area contributed by atoms with E-state index in [0.717, 1.165) is 0 Å². The molecule has 0 aromatic heterocycles. The van der Waals surface area contributed by atoms with E-state index in [4.69, 9.17) is 10.2 Å². The standard InChI is InChI=1S/C6H10NO4P/c1-6(2)11-12(8,9)10-5-3-4-7/h1,3,5H2,2H3,(H,8,9). The first-order chi connectivity index (χ1) is 5.48. The van der Waals surface area contributed by atoms with Crippen LogP contribution in [0.1, 0.15) is 13.3 Å². The van der Waals surface area contributed by atoms with Crippen molar-refractivity contribution in [2.75, 3.05) is 6.61 Å². The van der Waals surface area contributed by atoms with E-state index in [0.29, 0.717) is 0 Å². The summed E-state index contributed by atoms with van der Waals surface area (Å²) in [7, 11) is -4.03. The molecular weight excluding hydrogens is 181 g/mol. The summed E-state index contributed by atoms with van der Waals surface area (Å²) in [4.78, 5) is 8.85. The predicted octanol–water partition coefficient (Wildman–Crippen LogP) is 1.57. The molecule has 5 nitrogen and oxygen atoms in total. The maximum absolute atomic E-state index is 10.8. The van der Waals surface area contributed by atoms with Crippen LogP contribution >= 0.6 is 7.82 Å². The number of phosphoric ester groups is 1. The van der Waals surface area contributed by atoms with Crippen LogP contribution in [0.4, 0.5) is 0 Å². The Hall–Kier alpha value is -0.820. The molecule has 0 spiro atoms. The molecule has 1 N–H and O–H groups in total. The van der Waals surface area contributed by atoms with Crippen LogP contribution in [0.15, 0.2) is 12.3 Å². The zero-order valence-corrected chi connectivity index (χ0v) is 7.58. The Kier molecular flexibility index (Phi) is 4.60. The summed E-state index contributed by atoms with van der Waals surface area (Å²) in [6.45, 7) is 4.57. The van der Waals surface area contributed by atoms with E-state index in [1.807, 2.05) is 0 Å². The van der Waals surface area contributed by atoms with E-state index in [1.165, 1.54) is 6.92 Å². The number of rotatable bonds is 5. The summed E-state index contributed by atoms with van der Waals surface area (Å²) in [5, 5.41) is 8.09. The molecule has 0 amide bonds. The highest BCUT2D eigenvalue weighted by atomic mass is 31.2. The molecule has 0 fully saturated rings. The van der Waals surface area contributed by atoms with E-state index >= 15 is 0 Å². The Balaban J connectivity index is 3.81. The average molecular weight is 191 g/mol. The maximum atomic E-state index is 10.8. The van der Waals surface area contributed by atoms with Crippen LogP contribution < -0.4 is 0 Å². The summed E-state index contributed by atoms with van der Waals surface area (Å²) >= 11 is 0. The summed E-state index contributed by atoms with van der Waals surface area (Å²) in [6, 6.07) is 1.76. The van der Waals surface area contributed by atoms with Crippen molar-refractivity contribution in [3.63, 3.8) is 0 Å². The van der Waals surface area contributed by atoms with Crippen LogP contribution in [-0.4, -0.2) is 11.5 Å². The van der Waals surface area contributed by atoms with Crippen molar-refractivity contribution < 1.29 is 18.5 Å². The number of hydrogen-bond donors (Lipinski definition) is 1. The van der Waals surface area contributed by atoms with Gasteiger partial charge in [0.15, 0.2) is 0 Å². The average Bonchev–Trinajstić information content (AvgIpc) is 1.84. The van der Waals surface area contributed by atoms with Crippen molar-refractivity contribution in [3.8, 4) is 6.07 Å². The van der Waals surface area contributed by atoms with Crippen LogP contribution in [0.25, 0.3) is 0 Å². The molecule has 0 aliphatic carbocycles. The molecule has 0 aromatic rings. The van der Waals surface area contributed by atoms with Crippen molar-refractivity contribution in [2.45, 2.75) is 13.3 Å². The van der Waals surface area contributed by atoms with E-state index in [9.17, 15) is 4.57 Å². The highest BCUT2D eigenvalue weighted by molar-refractivity contribution is 7.47. The lowest BCUT2D eigenvalue weighted by atomic mass is 10.5. The molecule has 0 aliphatic heterocycles. The highest BCUT2D eigenvalue weighted by Crippen LogP contribution is 2.45. The largest absolute Gasteiger partial charge is 0.527 e. The van der Waals surface area contributed by atoms with Gasteiger partial charge in [-0.2, -0.15) is 5.26 Å². The fraction of sp³-hybridized carbons (Fsp3) is 0.500. The van der Waals surface area contributed by atoms with E-state index in [1.54, 1.807) is 6.07 Å². The third-order valence-electron chi connectivity index (χ3n) is 0.739. The number of allylic oxidation sites excluding steroid dienone is 1. The molecule has 0 rings (SSSR count). The van der Waals surface area contributed by atoms with Gasteiger partial charge in [-0.25, -0.2) is 4.57 Å². The quantitative estimate of drug-likeness (QED) is 0.405. The minimum absolute atomic E-state index is 0.0457. The molecule has 0 heterocycles. The lowest BCUT2D eigenvalue weighted by Crippen LogP contribution is -1.94. The molecule has 0 bridgehead atoms. The van der Waals surface area contributed by atoms with Crippen molar-refractivity contribution >= 4 is 7.82 Å². The topological polar surface area (TPSA) is 79.6 Å². The molecule has 1 atom stereocenters. The number of phosphoric acid groups is 1. The summed E-state index contributed by atoms with van der Waals surface area (Å²) in [5.41, 5.74) is 0. The Bertz CT molecular complexity index is 244. The normalized spacial score (nSPS) is 14.4. The lowest BCUT2D eigenvalue weighted by molar-refractivity contribution is 0.182. The Morgan fingerprint density at radius 3 is 2.83 bits per heavy atom. The van der Waals surface area contributed by atoms with Crippen molar-refractivity contribution in [1.82, 2.24) is 0 Å². The summed E-state index contributed by atoms with van der Waals surface area (Å²) < 4.78 is 19.6. The van der Waals surface area contributed by atoms with Gasteiger partial charge in [0, 0.05) is 0 Å². The van der Waals surface area contributed by atoms with Gasteiger partial charge in [0.2, 0.25) is 0 Å². The third-order valence-corrected chi connectivity index (χ3v) is 1.79. The minimum atomic E-state index is -4.03.